The molecule has 2 heterocycles. The molecule has 0 saturated carbocycles. The van der Waals surface area contributed by atoms with Gasteiger partial charge in [0.15, 0.2) is 0 Å². The van der Waals surface area contributed by atoms with Gasteiger partial charge >= 0.3 is 5.69 Å². The molecule has 0 saturated heterocycles. The van der Waals surface area contributed by atoms with Crippen molar-refractivity contribution in [3.8, 4) is 0 Å². The van der Waals surface area contributed by atoms with Crippen LogP contribution in [0.1, 0.15) is 5.56 Å². The SMILES string of the molecule is Cn1c(=O)cc(Cl)n(Cc2cccnc2)c1=O. The molecule has 0 aliphatic rings. The topological polar surface area (TPSA) is 56.9 Å². The third-order valence-electron chi connectivity index (χ3n) is 2.41. The monoisotopic (exact) mass is 251 g/mol. The van der Waals surface area contributed by atoms with Crippen LogP contribution in [0.3, 0.4) is 0 Å². The Balaban J connectivity index is 2.51. The summed E-state index contributed by atoms with van der Waals surface area (Å²) in [5, 5.41) is 0.127. The highest BCUT2D eigenvalue weighted by Crippen LogP contribution is 2.05. The minimum absolute atomic E-state index is 0.127. The zero-order valence-corrected chi connectivity index (χ0v) is 9.89. The number of hydrogen-bond acceptors (Lipinski definition) is 3. The predicted molar refractivity (Wildman–Crippen MR) is 64.3 cm³/mol. The number of nitrogens with zero attached hydrogens (tertiary/aromatic N) is 3. The number of pyridine rings is 1. The normalized spacial score (nSPS) is 10.5. The van der Waals surface area contributed by atoms with Gasteiger partial charge in [0.1, 0.15) is 5.15 Å². The molecule has 88 valence electrons. The van der Waals surface area contributed by atoms with Crippen LogP contribution in [0.5, 0.6) is 0 Å². The number of rotatable bonds is 2. The molecular formula is C11H10ClN3O2. The third kappa shape index (κ3) is 2.29. The lowest BCUT2D eigenvalue weighted by atomic mass is 10.3. The van der Waals surface area contributed by atoms with Crippen molar-refractivity contribution >= 4 is 11.6 Å². The van der Waals surface area contributed by atoms with E-state index in [0.29, 0.717) is 6.54 Å². The lowest BCUT2D eigenvalue weighted by Crippen LogP contribution is -2.37. The number of hydrogen-bond donors (Lipinski definition) is 0. The minimum Gasteiger partial charge on any atom is -0.279 e. The first-order valence-electron chi connectivity index (χ1n) is 4.95. The van der Waals surface area contributed by atoms with Gasteiger partial charge < -0.3 is 0 Å². The van der Waals surface area contributed by atoms with E-state index in [1.807, 2.05) is 6.07 Å². The molecule has 0 bridgehead atoms. The van der Waals surface area contributed by atoms with Crippen molar-refractivity contribution in [3.63, 3.8) is 0 Å². The van der Waals surface area contributed by atoms with E-state index in [2.05, 4.69) is 4.98 Å². The van der Waals surface area contributed by atoms with E-state index in [9.17, 15) is 9.59 Å². The Hall–Kier alpha value is -1.88. The molecule has 6 heteroatoms. The van der Waals surface area contributed by atoms with E-state index < -0.39 is 11.2 Å². The van der Waals surface area contributed by atoms with Gasteiger partial charge in [-0.2, -0.15) is 0 Å². The van der Waals surface area contributed by atoms with E-state index in [-0.39, 0.29) is 5.15 Å². The first-order valence-corrected chi connectivity index (χ1v) is 5.32. The van der Waals surface area contributed by atoms with Crippen molar-refractivity contribution in [1.29, 1.82) is 0 Å². The van der Waals surface area contributed by atoms with Gasteiger partial charge in [0.05, 0.1) is 6.54 Å². The highest BCUT2D eigenvalue weighted by molar-refractivity contribution is 6.29. The van der Waals surface area contributed by atoms with Crippen LogP contribution in [0.15, 0.2) is 40.2 Å². The fourth-order valence-electron chi connectivity index (χ4n) is 1.46. The Morgan fingerprint density at radius 1 is 1.41 bits per heavy atom. The fraction of sp³-hybridized carbons (Fsp3) is 0.182. The summed E-state index contributed by atoms with van der Waals surface area (Å²) in [5.74, 6) is 0. The summed E-state index contributed by atoms with van der Waals surface area (Å²) in [6, 6.07) is 4.83. The number of halogens is 1. The number of aromatic nitrogens is 3. The van der Waals surface area contributed by atoms with E-state index in [1.54, 1.807) is 18.5 Å². The van der Waals surface area contributed by atoms with Gasteiger partial charge in [-0.25, -0.2) is 4.79 Å². The van der Waals surface area contributed by atoms with Crippen molar-refractivity contribution in [1.82, 2.24) is 14.1 Å². The molecular weight excluding hydrogens is 242 g/mol. The van der Waals surface area contributed by atoms with Crippen molar-refractivity contribution in [2.45, 2.75) is 6.54 Å². The van der Waals surface area contributed by atoms with Crippen LogP contribution in [0.25, 0.3) is 0 Å². The zero-order chi connectivity index (χ0) is 12.4. The maximum absolute atomic E-state index is 11.8. The lowest BCUT2D eigenvalue weighted by Gasteiger charge is -2.09. The average Bonchev–Trinajstić information content (AvgIpc) is 2.33. The van der Waals surface area contributed by atoms with Crippen LogP contribution in [0.4, 0.5) is 0 Å². The van der Waals surface area contributed by atoms with Crippen molar-refractivity contribution in [2.75, 3.05) is 0 Å². The molecule has 0 N–H and O–H groups in total. The van der Waals surface area contributed by atoms with Crippen LogP contribution < -0.4 is 11.2 Å². The molecule has 2 aromatic rings. The summed E-state index contributed by atoms with van der Waals surface area (Å²) >= 11 is 5.89. The Bertz CT molecular complexity index is 646. The fourth-order valence-corrected chi connectivity index (χ4v) is 1.69. The van der Waals surface area contributed by atoms with E-state index >= 15 is 0 Å². The second kappa shape index (κ2) is 4.55. The maximum atomic E-state index is 11.8. The van der Waals surface area contributed by atoms with Crippen LogP contribution in [-0.4, -0.2) is 14.1 Å². The van der Waals surface area contributed by atoms with Crippen molar-refractivity contribution < 1.29 is 0 Å². The van der Waals surface area contributed by atoms with Crippen LogP contribution in [-0.2, 0) is 13.6 Å². The molecule has 2 rings (SSSR count). The van der Waals surface area contributed by atoms with Gasteiger partial charge in [-0.15, -0.1) is 0 Å². The maximum Gasteiger partial charge on any atom is 0.332 e. The van der Waals surface area contributed by atoms with Gasteiger partial charge in [0, 0.05) is 25.5 Å². The Morgan fingerprint density at radius 2 is 2.18 bits per heavy atom. The Morgan fingerprint density at radius 3 is 2.82 bits per heavy atom. The smallest absolute Gasteiger partial charge is 0.279 e. The van der Waals surface area contributed by atoms with Gasteiger partial charge in [-0.05, 0) is 11.6 Å². The quantitative estimate of drug-likeness (QED) is 0.736. The molecule has 2 aromatic heterocycles. The van der Waals surface area contributed by atoms with Crippen LogP contribution >= 0.6 is 11.6 Å². The summed E-state index contributed by atoms with van der Waals surface area (Å²) in [5.41, 5.74) is -0.0102. The second-order valence-electron chi connectivity index (χ2n) is 3.59. The summed E-state index contributed by atoms with van der Waals surface area (Å²) < 4.78 is 2.34. The third-order valence-corrected chi connectivity index (χ3v) is 2.73. The minimum atomic E-state index is -0.439. The van der Waals surface area contributed by atoms with E-state index in [1.165, 1.54) is 17.7 Å². The molecule has 5 nitrogen and oxygen atoms in total. The van der Waals surface area contributed by atoms with Gasteiger partial charge in [-0.3, -0.25) is 18.9 Å². The summed E-state index contributed by atoms with van der Waals surface area (Å²) in [4.78, 5) is 27.1. The molecule has 0 aromatic carbocycles. The van der Waals surface area contributed by atoms with E-state index in [0.717, 1.165) is 10.1 Å². The molecule has 0 fully saturated rings. The van der Waals surface area contributed by atoms with Gasteiger partial charge in [0.25, 0.3) is 5.56 Å². The lowest BCUT2D eigenvalue weighted by molar-refractivity contribution is 0.645. The highest BCUT2D eigenvalue weighted by Gasteiger charge is 2.07. The van der Waals surface area contributed by atoms with Crippen LogP contribution in [0.2, 0.25) is 5.15 Å². The summed E-state index contributed by atoms with van der Waals surface area (Å²) in [7, 11) is 1.42. The zero-order valence-electron chi connectivity index (χ0n) is 9.13. The molecule has 0 amide bonds. The molecule has 0 spiro atoms. The first kappa shape index (κ1) is 11.6. The Kier molecular flexibility index (Phi) is 3.10. The molecule has 0 atom stereocenters. The Labute approximate surface area is 102 Å². The standard InChI is InChI=1S/C11H10ClN3O2/c1-14-10(16)5-9(12)15(11(14)17)7-8-3-2-4-13-6-8/h2-6H,7H2,1H3. The average molecular weight is 252 g/mol. The second-order valence-corrected chi connectivity index (χ2v) is 3.98. The van der Waals surface area contributed by atoms with Crippen LogP contribution in [0, 0.1) is 0 Å². The highest BCUT2D eigenvalue weighted by atomic mass is 35.5. The summed E-state index contributed by atoms with van der Waals surface area (Å²) in [6.07, 6.45) is 3.29. The molecule has 0 aliphatic heterocycles. The van der Waals surface area contributed by atoms with Crippen molar-refractivity contribution in [2.24, 2.45) is 7.05 Å². The summed E-state index contributed by atoms with van der Waals surface area (Å²) in [6.45, 7) is 0.291. The molecule has 0 aliphatic carbocycles. The van der Waals surface area contributed by atoms with E-state index in [4.69, 9.17) is 11.6 Å². The van der Waals surface area contributed by atoms with Gasteiger partial charge in [0.2, 0.25) is 0 Å². The van der Waals surface area contributed by atoms with Crippen molar-refractivity contribution in [3.05, 3.63) is 62.1 Å². The molecule has 17 heavy (non-hydrogen) atoms. The molecule has 0 unspecified atom stereocenters. The largest absolute Gasteiger partial charge is 0.332 e. The predicted octanol–water partition coefficient (Wildman–Crippen LogP) is 0.644. The van der Waals surface area contributed by atoms with Gasteiger partial charge in [-0.1, -0.05) is 17.7 Å². The molecule has 0 radical (unpaired) electrons. The first-order chi connectivity index (χ1) is 8.09.